The van der Waals surface area contributed by atoms with Gasteiger partial charge in [-0.05, 0) is 61.4 Å². The molecule has 0 aliphatic heterocycles. The number of nitrogens with zero attached hydrogens (tertiary/aromatic N) is 2. The van der Waals surface area contributed by atoms with Gasteiger partial charge in [-0.2, -0.15) is 0 Å². The highest BCUT2D eigenvalue weighted by atomic mass is 32.2. The number of H-pyrrole nitrogens is 1. The van der Waals surface area contributed by atoms with E-state index in [1.807, 2.05) is 6.07 Å². The zero-order chi connectivity index (χ0) is 21.1. The molecule has 0 aliphatic carbocycles. The monoisotopic (exact) mass is 418 g/mol. The third-order valence-electron chi connectivity index (χ3n) is 4.54. The molecule has 0 spiro atoms. The summed E-state index contributed by atoms with van der Waals surface area (Å²) < 4.78 is 4.54. The second-order valence-electron chi connectivity index (χ2n) is 6.68. The van der Waals surface area contributed by atoms with Gasteiger partial charge in [0.05, 0.1) is 5.56 Å². The quantitative estimate of drug-likeness (QED) is 0.497. The van der Waals surface area contributed by atoms with Gasteiger partial charge in [0.2, 0.25) is 0 Å². The summed E-state index contributed by atoms with van der Waals surface area (Å²) in [5.74, 6) is -0.619. The summed E-state index contributed by atoms with van der Waals surface area (Å²) in [6.07, 6.45) is 1.67. The number of anilines is 1. The average molecular weight is 418 g/mol. The molecule has 150 valence electrons. The Bertz CT molecular complexity index is 1280. The third kappa shape index (κ3) is 4.33. The first-order chi connectivity index (χ1) is 14.5. The molecule has 0 saturated carbocycles. The number of aryl methyl sites for hydroxylation is 2. The Hall–Kier alpha value is -3.65. The van der Waals surface area contributed by atoms with Crippen molar-refractivity contribution in [1.29, 1.82) is 0 Å². The number of benzene rings is 2. The van der Waals surface area contributed by atoms with Crippen LogP contribution < -0.4 is 11.1 Å². The zero-order valence-electron chi connectivity index (χ0n) is 16.3. The molecule has 4 aromatic rings. The minimum absolute atomic E-state index is 0.278. The first kappa shape index (κ1) is 19.7. The molecule has 8 heteroatoms. The highest BCUT2D eigenvalue weighted by Crippen LogP contribution is 2.30. The molecule has 2 aromatic carbocycles. The number of pyridine rings is 1. The van der Waals surface area contributed by atoms with Gasteiger partial charge in [-0.1, -0.05) is 35.1 Å². The molecular formula is C22H18N4O3S. The van der Waals surface area contributed by atoms with Crippen LogP contribution in [-0.2, 0) is 0 Å². The molecule has 0 atom stereocenters. The minimum Gasteiger partial charge on any atom is -0.322 e. The largest absolute Gasteiger partial charge is 0.439 e. The van der Waals surface area contributed by atoms with Crippen molar-refractivity contribution in [3.8, 4) is 11.4 Å². The van der Waals surface area contributed by atoms with E-state index in [1.165, 1.54) is 22.9 Å². The lowest BCUT2D eigenvalue weighted by Gasteiger charge is -2.10. The van der Waals surface area contributed by atoms with E-state index in [4.69, 9.17) is 0 Å². The Kier molecular flexibility index (Phi) is 5.49. The van der Waals surface area contributed by atoms with Crippen LogP contribution in [0.3, 0.4) is 0 Å². The van der Waals surface area contributed by atoms with Gasteiger partial charge in [0, 0.05) is 22.3 Å². The van der Waals surface area contributed by atoms with E-state index >= 15 is 0 Å². The normalized spacial score (nSPS) is 10.7. The number of carbonyl (C=O) groups excluding carboxylic acids is 1. The van der Waals surface area contributed by atoms with Crippen LogP contribution in [0.15, 0.2) is 80.0 Å². The van der Waals surface area contributed by atoms with E-state index in [0.717, 1.165) is 4.90 Å². The molecule has 2 heterocycles. The number of aromatic amines is 1. The van der Waals surface area contributed by atoms with Crippen LogP contribution in [0, 0.1) is 13.8 Å². The van der Waals surface area contributed by atoms with Gasteiger partial charge < -0.3 is 5.32 Å². The fraction of sp³-hybridized carbons (Fsp3) is 0.0909. The van der Waals surface area contributed by atoms with E-state index in [1.54, 1.807) is 42.6 Å². The Balaban J connectivity index is 1.57. The summed E-state index contributed by atoms with van der Waals surface area (Å²) in [4.78, 5) is 32.0. The van der Waals surface area contributed by atoms with Crippen LogP contribution in [0.5, 0.6) is 0 Å². The Morgan fingerprint density at radius 3 is 2.70 bits per heavy atom. The predicted molar refractivity (Wildman–Crippen MR) is 115 cm³/mol. The van der Waals surface area contributed by atoms with Crippen molar-refractivity contribution in [2.24, 2.45) is 0 Å². The molecule has 0 saturated heterocycles. The molecule has 0 bridgehead atoms. The van der Waals surface area contributed by atoms with Gasteiger partial charge in [-0.25, -0.2) is 9.78 Å². The Labute approximate surface area is 176 Å². The maximum absolute atomic E-state index is 12.9. The highest BCUT2D eigenvalue weighted by molar-refractivity contribution is 7.99. The van der Waals surface area contributed by atoms with Crippen molar-refractivity contribution in [3.63, 3.8) is 0 Å². The van der Waals surface area contributed by atoms with Crippen LogP contribution in [0.4, 0.5) is 5.69 Å². The third-order valence-corrected chi connectivity index (χ3v) is 5.55. The van der Waals surface area contributed by atoms with Gasteiger partial charge in [-0.3, -0.25) is 14.3 Å². The fourth-order valence-electron chi connectivity index (χ4n) is 2.83. The van der Waals surface area contributed by atoms with Crippen LogP contribution in [-0.4, -0.2) is 21.0 Å². The van der Waals surface area contributed by atoms with Gasteiger partial charge in [0.25, 0.3) is 5.91 Å². The van der Waals surface area contributed by atoms with Gasteiger partial charge in [0.1, 0.15) is 5.03 Å². The van der Waals surface area contributed by atoms with Crippen LogP contribution in [0.25, 0.3) is 11.4 Å². The van der Waals surface area contributed by atoms with E-state index in [9.17, 15) is 9.59 Å². The van der Waals surface area contributed by atoms with Crippen molar-refractivity contribution in [2.75, 3.05) is 5.32 Å². The first-order valence-corrected chi connectivity index (χ1v) is 9.99. The second kappa shape index (κ2) is 8.38. The Morgan fingerprint density at radius 1 is 1.07 bits per heavy atom. The number of carbonyl (C=O) groups is 1. The molecule has 0 unspecified atom stereocenters. The molecule has 0 fully saturated rings. The summed E-state index contributed by atoms with van der Waals surface area (Å²) in [5, 5.41) is 7.17. The molecule has 0 radical (unpaired) electrons. The summed E-state index contributed by atoms with van der Waals surface area (Å²) in [6.45, 7) is 4.12. The van der Waals surface area contributed by atoms with Crippen LogP contribution in [0.2, 0.25) is 0 Å². The molecular weight excluding hydrogens is 400 g/mol. The number of hydrogen-bond donors (Lipinski definition) is 2. The first-order valence-electron chi connectivity index (χ1n) is 9.17. The summed E-state index contributed by atoms with van der Waals surface area (Å²) in [5.41, 5.74) is 4.05. The van der Waals surface area contributed by atoms with Crippen molar-refractivity contribution in [3.05, 3.63) is 88.0 Å². The second-order valence-corrected chi connectivity index (χ2v) is 7.75. The predicted octanol–water partition coefficient (Wildman–Crippen LogP) is 4.45. The molecule has 2 N–H and O–H groups in total. The molecule has 2 aromatic heterocycles. The molecule has 4 rings (SSSR count). The Morgan fingerprint density at radius 2 is 1.93 bits per heavy atom. The van der Waals surface area contributed by atoms with Gasteiger partial charge in [-0.15, -0.1) is 0 Å². The SMILES string of the molecule is Cc1ccc(Sc2ncccc2C(=O)Nc2cccc(-c3noc(=O)[nH]3)c2)cc1C. The van der Waals surface area contributed by atoms with E-state index in [2.05, 4.69) is 50.9 Å². The molecule has 0 aliphatic rings. The van der Waals surface area contributed by atoms with E-state index < -0.39 is 5.76 Å². The maximum Gasteiger partial charge on any atom is 0.439 e. The summed E-state index contributed by atoms with van der Waals surface area (Å²) in [6, 6.07) is 16.6. The van der Waals surface area contributed by atoms with Gasteiger partial charge >= 0.3 is 5.76 Å². The lowest BCUT2D eigenvalue weighted by atomic mass is 10.1. The highest BCUT2D eigenvalue weighted by Gasteiger charge is 2.15. The van der Waals surface area contributed by atoms with Crippen LogP contribution >= 0.6 is 11.8 Å². The topological polar surface area (TPSA) is 101 Å². The van der Waals surface area contributed by atoms with E-state index in [-0.39, 0.29) is 5.91 Å². The number of rotatable bonds is 5. The molecule has 1 amide bonds. The van der Waals surface area contributed by atoms with Gasteiger partial charge in [0.15, 0.2) is 5.82 Å². The van der Waals surface area contributed by atoms with Crippen molar-refractivity contribution < 1.29 is 9.32 Å². The maximum atomic E-state index is 12.9. The number of hydrogen-bond acceptors (Lipinski definition) is 6. The smallest absolute Gasteiger partial charge is 0.322 e. The fourth-order valence-corrected chi connectivity index (χ4v) is 3.81. The molecule has 7 nitrogen and oxygen atoms in total. The lowest BCUT2D eigenvalue weighted by Crippen LogP contribution is -2.13. The minimum atomic E-state index is -0.636. The average Bonchev–Trinajstić information content (AvgIpc) is 3.18. The lowest BCUT2D eigenvalue weighted by molar-refractivity contribution is 0.102. The molecule has 30 heavy (non-hydrogen) atoms. The number of nitrogens with one attached hydrogen (secondary N) is 2. The number of aromatic nitrogens is 3. The van der Waals surface area contributed by atoms with Crippen molar-refractivity contribution in [2.45, 2.75) is 23.8 Å². The zero-order valence-corrected chi connectivity index (χ0v) is 17.1. The van der Waals surface area contributed by atoms with E-state index in [0.29, 0.717) is 27.7 Å². The number of amides is 1. The van der Waals surface area contributed by atoms with Crippen LogP contribution in [0.1, 0.15) is 21.5 Å². The standard InChI is InChI=1S/C22H18N4O3S/c1-13-8-9-17(11-14(13)2)30-21-18(7-4-10-23-21)20(27)24-16-6-3-5-15(12-16)19-25-22(28)29-26-19/h3-12H,1-2H3,(H,24,27)(H,25,26,28). The summed E-state index contributed by atoms with van der Waals surface area (Å²) in [7, 11) is 0. The van der Waals surface area contributed by atoms with Crippen molar-refractivity contribution >= 4 is 23.4 Å². The van der Waals surface area contributed by atoms with Crippen molar-refractivity contribution in [1.82, 2.24) is 15.1 Å². The summed E-state index contributed by atoms with van der Waals surface area (Å²) >= 11 is 1.44.